The number of carbonyl (C=O) groups is 2. The SMILES string of the molecule is COc1ccc(C(=O)NCCOCC(=O)O)c(F)c1. The maximum atomic E-state index is 13.5. The van der Waals surface area contributed by atoms with Crippen LogP contribution in [0.1, 0.15) is 10.4 Å². The van der Waals surface area contributed by atoms with Crippen LogP contribution in [0.2, 0.25) is 0 Å². The van der Waals surface area contributed by atoms with Gasteiger partial charge in [-0.1, -0.05) is 0 Å². The summed E-state index contributed by atoms with van der Waals surface area (Å²) in [5, 5.41) is 10.7. The zero-order valence-corrected chi connectivity index (χ0v) is 10.3. The van der Waals surface area contributed by atoms with Crippen molar-refractivity contribution in [3.05, 3.63) is 29.6 Å². The molecule has 0 atom stereocenters. The summed E-state index contributed by atoms with van der Waals surface area (Å²) in [6.07, 6.45) is 0. The zero-order valence-electron chi connectivity index (χ0n) is 10.3. The molecule has 0 aliphatic carbocycles. The van der Waals surface area contributed by atoms with Gasteiger partial charge in [0.25, 0.3) is 5.91 Å². The van der Waals surface area contributed by atoms with E-state index in [0.717, 1.165) is 6.07 Å². The summed E-state index contributed by atoms with van der Waals surface area (Å²) in [6, 6.07) is 3.89. The first kappa shape index (κ1) is 14.9. The Balaban J connectivity index is 2.43. The molecule has 7 heteroatoms. The van der Waals surface area contributed by atoms with Crippen LogP contribution in [0.5, 0.6) is 5.75 Å². The first-order valence-electron chi connectivity index (χ1n) is 5.46. The number of nitrogens with one attached hydrogen (secondary N) is 1. The number of carbonyl (C=O) groups excluding carboxylic acids is 1. The Labute approximate surface area is 109 Å². The smallest absolute Gasteiger partial charge is 0.329 e. The molecule has 104 valence electrons. The average Bonchev–Trinajstić information content (AvgIpc) is 2.37. The number of carboxylic acid groups (broad SMARTS) is 1. The number of carboxylic acids is 1. The van der Waals surface area contributed by atoms with Crippen LogP contribution < -0.4 is 10.1 Å². The van der Waals surface area contributed by atoms with Crippen molar-refractivity contribution in [2.24, 2.45) is 0 Å². The van der Waals surface area contributed by atoms with E-state index < -0.39 is 24.3 Å². The van der Waals surface area contributed by atoms with E-state index in [2.05, 4.69) is 5.32 Å². The fraction of sp³-hybridized carbons (Fsp3) is 0.333. The monoisotopic (exact) mass is 271 g/mol. The fourth-order valence-electron chi connectivity index (χ4n) is 1.30. The van der Waals surface area contributed by atoms with Gasteiger partial charge in [-0.05, 0) is 12.1 Å². The Kier molecular flexibility index (Phi) is 5.74. The van der Waals surface area contributed by atoms with Crippen LogP contribution in [0.3, 0.4) is 0 Å². The van der Waals surface area contributed by atoms with Crippen LogP contribution >= 0.6 is 0 Å². The van der Waals surface area contributed by atoms with Gasteiger partial charge in [-0.3, -0.25) is 4.79 Å². The van der Waals surface area contributed by atoms with Crippen LogP contribution in [0.15, 0.2) is 18.2 Å². The van der Waals surface area contributed by atoms with Crippen molar-refractivity contribution in [1.29, 1.82) is 0 Å². The quantitative estimate of drug-likeness (QED) is 0.712. The van der Waals surface area contributed by atoms with E-state index >= 15 is 0 Å². The van der Waals surface area contributed by atoms with Crippen LogP contribution in [0, 0.1) is 5.82 Å². The van der Waals surface area contributed by atoms with Crippen LogP contribution in [0.25, 0.3) is 0 Å². The number of rotatable bonds is 7. The lowest BCUT2D eigenvalue weighted by atomic mass is 10.2. The molecule has 1 rings (SSSR count). The number of hydrogen-bond acceptors (Lipinski definition) is 4. The molecular weight excluding hydrogens is 257 g/mol. The third-order valence-corrected chi connectivity index (χ3v) is 2.18. The van der Waals surface area contributed by atoms with Gasteiger partial charge in [0.05, 0.1) is 19.3 Å². The zero-order chi connectivity index (χ0) is 14.3. The minimum Gasteiger partial charge on any atom is -0.497 e. The second-order valence-electron chi connectivity index (χ2n) is 3.55. The lowest BCUT2D eigenvalue weighted by Gasteiger charge is -2.07. The highest BCUT2D eigenvalue weighted by Crippen LogP contribution is 2.15. The molecule has 0 heterocycles. The minimum atomic E-state index is -1.09. The number of halogens is 1. The van der Waals surface area contributed by atoms with Crippen LogP contribution in [-0.2, 0) is 9.53 Å². The molecule has 0 aliphatic heterocycles. The molecule has 0 aromatic heterocycles. The van der Waals surface area contributed by atoms with E-state index in [-0.39, 0.29) is 18.7 Å². The summed E-state index contributed by atoms with van der Waals surface area (Å²) >= 11 is 0. The predicted molar refractivity (Wildman–Crippen MR) is 63.7 cm³/mol. The van der Waals surface area contributed by atoms with E-state index in [0.29, 0.717) is 5.75 Å². The van der Waals surface area contributed by atoms with Crippen molar-refractivity contribution in [3.63, 3.8) is 0 Å². The van der Waals surface area contributed by atoms with Crippen molar-refractivity contribution >= 4 is 11.9 Å². The Hall–Kier alpha value is -2.15. The molecule has 1 aromatic carbocycles. The highest BCUT2D eigenvalue weighted by atomic mass is 19.1. The lowest BCUT2D eigenvalue weighted by Crippen LogP contribution is -2.28. The number of benzene rings is 1. The second kappa shape index (κ2) is 7.32. The number of methoxy groups -OCH3 is 1. The topological polar surface area (TPSA) is 84.9 Å². The van der Waals surface area contributed by atoms with Crippen molar-refractivity contribution in [2.45, 2.75) is 0 Å². The fourth-order valence-corrected chi connectivity index (χ4v) is 1.30. The molecule has 0 unspecified atom stereocenters. The van der Waals surface area contributed by atoms with Crippen molar-refractivity contribution in [1.82, 2.24) is 5.32 Å². The first-order chi connectivity index (χ1) is 9.04. The van der Waals surface area contributed by atoms with Crippen molar-refractivity contribution < 1.29 is 28.6 Å². The summed E-state index contributed by atoms with van der Waals surface area (Å²) < 4.78 is 23.1. The normalized spacial score (nSPS) is 10.0. The number of aliphatic carboxylic acids is 1. The molecule has 0 saturated carbocycles. The molecule has 0 aliphatic rings. The molecule has 6 nitrogen and oxygen atoms in total. The molecule has 2 N–H and O–H groups in total. The molecular formula is C12H14FNO5. The van der Waals surface area contributed by atoms with Crippen molar-refractivity contribution in [2.75, 3.05) is 26.9 Å². The lowest BCUT2D eigenvalue weighted by molar-refractivity contribution is -0.142. The first-order valence-corrected chi connectivity index (χ1v) is 5.46. The maximum absolute atomic E-state index is 13.5. The van der Waals surface area contributed by atoms with Crippen molar-refractivity contribution in [3.8, 4) is 5.75 Å². The Morgan fingerprint density at radius 1 is 1.42 bits per heavy atom. The van der Waals surface area contributed by atoms with Gasteiger partial charge in [0.1, 0.15) is 18.2 Å². The number of hydrogen-bond donors (Lipinski definition) is 2. The van der Waals surface area contributed by atoms with Gasteiger partial charge in [-0.15, -0.1) is 0 Å². The second-order valence-corrected chi connectivity index (χ2v) is 3.55. The van der Waals surface area contributed by atoms with Gasteiger partial charge >= 0.3 is 5.97 Å². The highest BCUT2D eigenvalue weighted by molar-refractivity contribution is 5.94. The van der Waals surface area contributed by atoms with E-state index in [1.807, 2.05) is 0 Å². The third-order valence-electron chi connectivity index (χ3n) is 2.18. The summed E-state index contributed by atoms with van der Waals surface area (Å²) in [6.45, 7) is -0.305. The Morgan fingerprint density at radius 3 is 2.74 bits per heavy atom. The molecule has 0 bridgehead atoms. The third kappa shape index (κ3) is 4.92. The van der Waals surface area contributed by atoms with E-state index in [4.69, 9.17) is 14.6 Å². The molecule has 19 heavy (non-hydrogen) atoms. The van der Waals surface area contributed by atoms with Gasteiger partial charge in [0, 0.05) is 12.6 Å². The summed E-state index contributed by atoms with van der Waals surface area (Å²) in [7, 11) is 1.40. The van der Waals surface area contributed by atoms with Gasteiger partial charge < -0.3 is 19.9 Å². The van der Waals surface area contributed by atoms with Gasteiger partial charge in [0.15, 0.2) is 0 Å². The number of amides is 1. The molecule has 0 radical (unpaired) electrons. The van der Waals surface area contributed by atoms with Crippen LogP contribution in [-0.4, -0.2) is 43.9 Å². The minimum absolute atomic E-state index is 0.0375. The molecule has 0 spiro atoms. The van der Waals surface area contributed by atoms with Gasteiger partial charge in [0.2, 0.25) is 0 Å². The van der Waals surface area contributed by atoms with E-state index in [9.17, 15) is 14.0 Å². The molecule has 1 amide bonds. The van der Waals surface area contributed by atoms with Crippen LogP contribution in [0.4, 0.5) is 4.39 Å². The van der Waals surface area contributed by atoms with E-state index in [1.165, 1.54) is 19.2 Å². The summed E-state index contributed by atoms with van der Waals surface area (Å²) in [4.78, 5) is 21.7. The molecule has 1 aromatic rings. The average molecular weight is 271 g/mol. The largest absolute Gasteiger partial charge is 0.497 e. The Bertz CT molecular complexity index is 463. The Morgan fingerprint density at radius 2 is 2.16 bits per heavy atom. The predicted octanol–water partition coefficient (Wildman–Crippen LogP) is 0.665. The maximum Gasteiger partial charge on any atom is 0.329 e. The molecule has 0 saturated heterocycles. The van der Waals surface area contributed by atoms with Gasteiger partial charge in [-0.2, -0.15) is 0 Å². The van der Waals surface area contributed by atoms with Gasteiger partial charge in [-0.25, -0.2) is 9.18 Å². The highest BCUT2D eigenvalue weighted by Gasteiger charge is 2.11. The van der Waals surface area contributed by atoms with E-state index in [1.54, 1.807) is 0 Å². The summed E-state index contributed by atoms with van der Waals surface area (Å²) in [5.74, 6) is -2.06. The standard InChI is InChI=1S/C12H14FNO5/c1-18-8-2-3-9(10(13)6-8)12(17)14-4-5-19-7-11(15)16/h2-3,6H,4-5,7H2,1H3,(H,14,17)(H,15,16). The summed E-state index contributed by atoms with van der Waals surface area (Å²) in [5.41, 5.74) is -0.112. The molecule has 0 fully saturated rings. The number of ether oxygens (including phenoxy) is 2.